The molecular formula is C20H18ClN5O2. The lowest BCUT2D eigenvalue weighted by atomic mass is 10.1. The number of nitrogens with two attached hydrogens (primary N) is 1. The number of nitrogens with one attached hydrogen (secondary N) is 2. The van der Waals surface area contributed by atoms with E-state index in [9.17, 15) is 9.59 Å². The van der Waals surface area contributed by atoms with Gasteiger partial charge < -0.3 is 11.1 Å². The van der Waals surface area contributed by atoms with Gasteiger partial charge in [-0.25, -0.2) is 0 Å². The molecule has 142 valence electrons. The smallest absolute Gasteiger partial charge is 0.255 e. The van der Waals surface area contributed by atoms with Gasteiger partial charge in [-0.05, 0) is 24.3 Å². The first kappa shape index (κ1) is 20.7. The summed E-state index contributed by atoms with van der Waals surface area (Å²) in [6.45, 7) is 0.164. The predicted molar refractivity (Wildman–Crippen MR) is 106 cm³/mol. The van der Waals surface area contributed by atoms with Crippen LogP contribution in [-0.2, 0) is 4.79 Å². The Hall–Kier alpha value is -3.63. The van der Waals surface area contributed by atoms with E-state index in [1.165, 1.54) is 6.20 Å². The lowest BCUT2D eigenvalue weighted by molar-refractivity contribution is -0.117. The highest BCUT2D eigenvalue weighted by atomic mass is 35.5. The summed E-state index contributed by atoms with van der Waals surface area (Å²) >= 11 is 5.54. The maximum atomic E-state index is 12.0. The van der Waals surface area contributed by atoms with Crippen LogP contribution in [0.5, 0.6) is 0 Å². The van der Waals surface area contributed by atoms with Crippen molar-refractivity contribution in [2.75, 3.05) is 6.54 Å². The van der Waals surface area contributed by atoms with Gasteiger partial charge in [0.15, 0.2) is 0 Å². The van der Waals surface area contributed by atoms with Gasteiger partial charge in [-0.15, -0.1) is 0 Å². The molecule has 1 aromatic heterocycles. The van der Waals surface area contributed by atoms with Gasteiger partial charge in [-0.2, -0.15) is 10.4 Å². The number of nitriles is 1. The van der Waals surface area contributed by atoms with Crippen molar-refractivity contribution >= 4 is 23.4 Å². The number of halogens is 1. The number of aromatic nitrogens is 2. The molecule has 1 heterocycles. The highest BCUT2D eigenvalue weighted by Crippen LogP contribution is 2.21. The molecule has 0 atom stereocenters. The van der Waals surface area contributed by atoms with Crippen molar-refractivity contribution in [1.29, 1.82) is 5.26 Å². The molecule has 2 aromatic carbocycles. The minimum Gasteiger partial charge on any atom is -0.370 e. The molecule has 0 aliphatic carbocycles. The van der Waals surface area contributed by atoms with Crippen LogP contribution in [0.4, 0.5) is 0 Å². The molecule has 8 heteroatoms. The number of amides is 2. The second-order valence-corrected chi connectivity index (χ2v) is 6.06. The van der Waals surface area contributed by atoms with Crippen LogP contribution in [-0.4, -0.2) is 28.6 Å². The minimum absolute atomic E-state index is 0.0723. The maximum Gasteiger partial charge on any atom is 0.255 e. The monoisotopic (exact) mass is 395 g/mol. The van der Waals surface area contributed by atoms with E-state index in [0.717, 1.165) is 5.02 Å². The summed E-state index contributed by atoms with van der Waals surface area (Å²) in [6.07, 6.45) is 1.47. The van der Waals surface area contributed by atoms with Crippen LogP contribution < -0.4 is 11.1 Å². The molecule has 0 aliphatic rings. The summed E-state index contributed by atoms with van der Waals surface area (Å²) in [5.74, 6) is -0.841. The molecule has 28 heavy (non-hydrogen) atoms. The van der Waals surface area contributed by atoms with Crippen molar-refractivity contribution in [1.82, 2.24) is 15.5 Å². The molecule has 0 radical (unpaired) electrons. The van der Waals surface area contributed by atoms with Crippen molar-refractivity contribution in [2.45, 2.75) is 6.42 Å². The molecule has 2 amide bonds. The zero-order valence-electron chi connectivity index (χ0n) is 14.9. The number of carbonyl (C=O) groups is 2. The first-order valence-electron chi connectivity index (χ1n) is 8.32. The summed E-state index contributed by atoms with van der Waals surface area (Å²) < 4.78 is 0. The predicted octanol–water partition coefficient (Wildman–Crippen LogP) is 2.89. The molecule has 3 aromatic rings. The van der Waals surface area contributed by atoms with E-state index in [4.69, 9.17) is 22.6 Å². The fourth-order valence-corrected chi connectivity index (χ4v) is 2.38. The van der Waals surface area contributed by atoms with Crippen molar-refractivity contribution in [2.24, 2.45) is 5.73 Å². The Morgan fingerprint density at radius 2 is 1.93 bits per heavy atom. The lowest BCUT2D eigenvalue weighted by Gasteiger charge is -2.05. The number of H-pyrrole nitrogens is 1. The fraction of sp³-hybridized carbons (Fsp3) is 0.100. The van der Waals surface area contributed by atoms with E-state index < -0.39 is 5.91 Å². The molecule has 4 N–H and O–H groups in total. The lowest BCUT2D eigenvalue weighted by Crippen LogP contribution is -2.27. The Morgan fingerprint density at radius 3 is 2.54 bits per heavy atom. The van der Waals surface area contributed by atoms with E-state index in [1.807, 2.05) is 36.4 Å². The molecule has 7 nitrogen and oxygen atoms in total. The molecule has 0 saturated heterocycles. The third-order valence-corrected chi connectivity index (χ3v) is 3.81. The molecule has 0 fully saturated rings. The molecule has 0 unspecified atom stereocenters. The number of rotatable bonds is 5. The zero-order chi connectivity index (χ0) is 20.4. The van der Waals surface area contributed by atoms with Crippen LogP contribution in [0.25, 0.3) is 11.3 Å². The van der Waals surface area contributed by atoms with Gasteiger partial charge >= 0.3 is 0 Å². The maximum absolute atomic E-state index is 12.0. The number of primary amides is 1. The van der Waals surface area contributed by atoms with E-state index in [1.54, 1.807) is 24.3 Å². The Bertz CT molecular complexity index is 980. The summed E-state index contributed by atoms with van der Waals surface area (Å²) in [5.41, 5.74) is 7.05. The van der Waals surface area contributed by atoms with Gasteiger partial charge in [0.1, 0.15) is 0 Å². The Morgan fingerprint density at radius 1 is 1.18 bits per heavy atom. The first-order valence-corrected chi connectivity index (χ1v) is 8.70. The number of hydrogen-bond acceptors (Lipinski definition) is 4. The first-order chi connectivity index (χ1) is 13.5. The van der Waals surface area contributed by atoms with Crippen molar-refractivity contribution < 1.29 is 9.59 Å². The number of carbonyl (C=O) groups excluding carboxylic acids is 2. The van der Waals surface area contributed by atoms with Crippen LogP contribution >= 0.6 is 11.6 Å². The highest BCUT2D eigenvalue weighted by molar-refractivity contribution is 6.30. The van der Waals surface area contributed by atoms with Crippen LogP contribution in [0.1, 0.15) is 22.3 Å². The molecule has 0 saturated carbocycles. The van der Waals surface area contributed by atoms with E-state index in [0.29, 0.717) is 22.4 Å². The number of hydrogen-bond donors (Lipinski definition) is 3. The third-order valence-electron chi connectivity index (χ3n) is 3.55. The van der Waals surface area contributed by atoms with E-state index in [-0.39, 0.29) is 18.9 Å². The standard InChI is InChI=1S/C14H13N5O2.C6H5Cl/c15-7-9-2-1-3-10(6-9)13-11(8-18-19-13)14(21)17-5-4-12(16)20;7-6-4-2-1-3-5-6/h1-3,6,8H,4-5H2,(H2,16,20)(H,17,21)(H,18,19);1-5H. The fourth-order valence-electron chi connectivity index (χ4n) is 2.23. The zero-order valence-corrected chi connectivity index (χ0v) is 15.6. The highest BCUT2D eigenvalue weighted by Gasteiger charge is 2.15. The molecular weight excluding hydrogens is 378 g/mol. The van der Waals surface area contributed by atoms with Gasteiger partial charge in [0.25, 0.3) is 5.91 Å². The third kappa shape index (κ3) is 6.27. The van der Waals surface area contributed by atoms with Crippen LogP contribution in [0.2, 0.25) is 5.02 Å². The minimum atomic E-state index is -0.482. The van der Waals surface area contributed by atoms with Crippen LogP contribution in [0, 0.1) is 11.3 Å². The second kappa shape index (κ2) is 10.5. The van der Waals surface area contributed by atoms with E-state index in [2.05, 4.69) is 15.5 Å². The largest absolute Gasteiger partial charge is 0.370 e. The summed E-state index contributed by atoms with van der Waals surface area (Å²) in [5, 5.41) is 18.9. The van der Waals surface area contributed by atoms with Crippen molar-refractivity contribution in [3.05, 3.63) is 76.9 Å². The molecule has 0 aliphatic heterocycles. The van der Waals surface area contributed by atoms with Crippen LogP contribution in [0.15, 0.2) is 60.8 Å². The summed E-state index contributed by atoms with van der Waals surface area (Å²) in [7, 11) is 0. The normalized spacial score (nSPS) is 9.57. The van der Waals surface area contributed by atoms with Gasteiger partial charge in [0, 0.05) is 23.6 Å². The SMILES string of the molecule is Clc1ccccc1.N#Cc1cccc(-c2[nH]ncc2C(=O)NCCC(N)=O)c1. The Balaban J connectivity index is 0.000000336. The second-order valence-electron chi connectivity index (χ2n) is 5.62. The molecule has 0 spiro atoms. The average molecular weight is 396 g/mol. The number of benzene rings is 2. The Labute approximate surface area is 167 Å². The Kier molecular flexibility index (Phi) is 7.76. The molecule has 0 bridgehead atoms. The summed E-state index contributed by atoms with van der Waals surface area (Å²) in [4.78, 5) is 22.7. The van der Waals surface area contributed by atoms with Gasteiger partial charge in [0.05, 0.1) is 29.1 Å². The van der Waals surface area contributed by atoms with Crippen molar-refractivity contribution in [3.8, 4) is 17.3 Å². The van der Waals surface area contributed by atoms with Gasteiger partial charge in [0.2, 0.25) is 5.91 Å². The van der Waals surface area contributed by atoms with Gasteiger partial charge in [-0.3, -0.25) is 14.7 Å². The number of aromatic amines is 1. The average Bonchev–Trinajstić information content (AvgIpc) is 3.19. The topological polar surface area (TPSA) is 125 Å². The van der Waals surface area contributed by atoms with Gasteiger partial charge in [-0.1, -0.05) is 41.9 Å². The number of nitrogens with zero attached hydrogens (tertiary/aromatic N) is 2. The van der Waals surface area contributed by atoms with Crippen molar-refractivity contribution in [3.63, 3.8) is 0 Å². The van der Waals surface area contributed by atoms with E-state index >= 15 is 0 Å². The summed E-state index contributed by atoms with van der Waals surface area (Å²) in [6, 6.07) is 18.3. The molecule has 3 rings (SSSR count). The van der Waals surface area contributed by atoms with Crippen LogP contribution in [0.3, 0.4) is 0 Å². The quantitative estimate of drug-likeness (QED) is 0.614.